The van der Waals surface area contributed by atoms with Crippen molar-refractivity contribution in [3.8, 4) is 17.2 Å². The number of carbonyl (C=O) groups is 2. The number of hydrazone groups is 1. The van der Waals surface area contributed by atoms with Crippen LogP contribution in [-0.4, -0.2) is 45.4 Å². The third-order valence-electron chi connectivity index (χ3n) is 3.37. The number of amides is 2. The first-order chi connectivity index (χ1) is 13.1. The van der Waals surface area contributed by atoms with Crippen molar-refractivity contribution in [1.29, 1.82) is 0 Å². The van der Waals surface area contributed by atoms with Gasteiger partial charge in [-0.3, -0.25) is 9.59 Å². The molecular weight excluding hydrogens is 350 g/mol. The fraction of sp³-hybridized carbons (Fsp3) is 0.211. The lowest BCUT2D eigenvalue weighted by Crippen LogP contribution is -2.37. The number of hydrogen-bond donors (Lipinski definition) is 2. The molecule has 8 nitrogen and oxygen atoms in total. The molecule has 0 saturated carbocycles. The van der Waals surface area contributed by atoms with E-state index in [1.165, 1.54) is 13.3 Å². The maximum absolute atomic E-state index is 11.7. The van der Waals surface area contributed by atoms with Gasteiger partial charge in [0.25, 0.3) is 11.8 Å². The van der Waals surface area contributed by atoms with Crippen LogP contribution >= 0.6 is 0 Å². The summed E-state index contributed by atoms with van der Waals surface area (Å²) in [6.45, 7) is -0.382. The molecule has 0 fully saturated rings. The zero-order chi connectivity index (χ0) is 19.5. The summed E-state index contributed by atoms with van der Waals surface area (Å²) in [5.41, 5.74) is 3.05. The van der Waals surface area contributed by atoms with E-state index >= 15 is 0 Å². The quantitative estimate of drug-likeness (QED) is 0.512. The summed E-state index contributed by atoms with van der Waals surface area (Å²) in [6.07, 6.45) is 1.46. The van der Waals surface area contributed by atoms with Gasteiger partial charge in [-0.2, -0.15) is 5.10 Å². The van der Waals surface area contributed by atoms with Crippen LogP contribution in [0.2, 0.25) is 0 Å². The lowest BCUT2D eigenvalue weighted by molar-refractivity contribution is -0.127. The minimum atomic E-state index is -0.459. The van der Waals surface area contributed by atoms with E-state index in [0.717, 1.165) is 0 Å². The van der Waals surface area contributed by atoms with E-state index in [1.807, 2.05) is 6.07 Å². The van der Waals surface area contributed by atoms with Crippen LogP contribution < -0.4 is 25.0 Å². The minimum Gasteiger partial charge on any atom is -0.493 e. The summed E-state index contributed by atoms with van der Waals surface area (Å²) in [6, 6.07) is 14.1. The first-order valence-electron chi connectivity index (χ1n) is 8.11. The van der Waals surface area contributed by atoms with Crippen LogP contribution in [0.3, 0.4) is 0 Å². The van der Waals surface area contributed by atoms with Gasteiger partial charge < -0.3 is 19.5 Å². The van der Waals surface area contributed by atoms with E-state index < -0.39 is 11.8 Å². The Kier molecular flexibility index (Phi) is 7.65. The largest absolute Gasteiger partial charge is 0.493 e. The number of nitrogens with one attached hydrogen (secondary N) is 2. The number of benzene rings is 2. The average Bonchev–Trinajstić information content (AvgIpc) is 2.71. The molecule has 2 aromatic carbocycles. The summed E-state index contributed by atoms with van der Waals surface area (Å²) in [5.74, 6) is 0.867. The van der Waals surface area contributed by atoms with E-state index in [-0.39, 0.29) is 13.2 Å². The molecule has 0 aliphatic rings. The molecule has 0 aliphatic heterocycles. The number of rotatable bonds is 9. The Morgan fingerprint density at radius 1 is 1.00 bits per heavy atom. The molecule has 0 atom stereocenters. The molecule has 2 aromatic rings. The predicted octanol–water partition coefficient (Wildman–Crippen LogP) is 1.35. The highest BCUT2D eigenvalue weighted by molar-refractivity contribution is 5.87. The molecule has 0 radical (unpaired) electrons. The van der Waals surface area contributed by atoms with Crippen molar-refractivity contribution in [3.05, 3.63) is 54.1 Å². The van der Waals surface area contributed by atoms with Crippen LogP contribution in [0.1, 0.15) is 5.56 Å². The molecule has 2 rings (SSSR count). The molecule has 0 unspecified atom stereocenters. The molecular formula is C19H21N3O5. The van der Waals surface area contributed by atoms with Gasteiger partial charge in [0.2, 0.25) is 0 Å². The van der Waals surface area contributed by atoms with Gasteiger partial charge >= 0.3 is 0 Å². The van der Waals surface area contributed by atoms with Gasteiger partial charge in [0.05, 0.1) is 27.0 Å². The van der Waals surface area contributed by atoms with Gasteiger partial charge in [0, 0.05) is 0 Å². The van der Waals surface area contributed by atoms with Crippen LogP contribution in [0.4, 0.5) is 0 Å². The Labute approximate surface area is 157 Å². The van der Waals surface area contributed by atoms with Crippen molar-refractivity contribution in [2.75, 3.05) is 27.4 Å². The number of para-hydroxylation sites is 1. The Hall–Kier alpha value is -3.55. The van der Waals surface area contributed by atoms with Crippen molar-refractivity contribution < 1.29 is 23.8 Å². The second-order valence-corrected chi connectivity index (χ2v) is 5.29. The molecule has 2 N–H and O–H groups in total. The van der Waals surface area contributed by atoms with Gasteiger partial charge in [-0.25, -0.2) is 5.43 Å². The molecule has 0 heterocycles. The smallest absolute Gasteiger partial charge is 0.259 e. The molecule has 2 amide bonds. The van der Waals surface area contributed by atoms with Crippen LogP contribution in [0, 0.1) is 0 Å². The van der Waals surface area contributed by atoms with Crippen LogP contribution in [0.15, 0.2) is 53.6 Å². The number of ether oxygens (including phenoxy) is 3. The summed E-state index contributed by atoms with van der Waals surface area (Å²) in [7, 11) is 3.08. The van der Waals surface area contributed by atoms with Crippen molar-refractivity contribution in [2.24, 2.45) is 5.10 Å². The molecule has 0 aromatic heterocycles. The molecule has 0 bridgehead atoms. The lowest BCUT2D eigenvalue weighted by Gasteiger charge is -2.07. The Morgan fingerprint density at radius 3 is 2.44 bits per heavy atom. The van der Waals surface area contributed by atoms with Gasteiger partial charge in [0.1, 0.15) is 5.75 Å². The van der Waals surface area contributed by atoms with Gasteiger partial charge in [0.15, 0.2) is 18.1 Å². The second-order valence-electron chi connectivity index (χ2n) is 5.29. The normalized spacial score (nSPS) is 10.3. The monoisotopic (exact) mass is 371 g/mol. The molecule has 0 spiro atoms. The van der Waals surface area contributed by atoms with Crippen molar-refractivity contribution in [2.45, 2.75) is 0 Å². The Bertz CT molecular complexity index is 793. The molecule has 0 saturated heterocycles. The number of carbonyl (C=O) groups excluding carboxylic acids is 2. The van der Waals surface area contributed by atoms with Crippen molar-refractivity contribution in [1.82, 2.24) is 10.7 Å². The highest BCUT2D eigenvalue weighted by atomic mass is 16.5. The third kappa shape index (κ3) is 6.69. The third-order valence-corrected chi connectivity index (χ3v) is 3.37. The first kappa shape index (κ1) is 19.8. The highest BCUT2D eigenvalue weighted by Gasteiger charge is 2.06. The summed E-state index contributed by atoms with van der Waals surface area (Å²) in [4.78, 5) is 23.4. The Balaban J connectivity index is 1.72. The van der Waals surface area contributed by atoms with E-state index in [9.17, 15) is 9.59 Å². The van der Waals surface area contributed by atoms with Gasteiger partial charge in [-0.05, 0) is 35.9 Å². The maximum atomic E-state index is 11.7. The van der Waals surface area contributed by atoms with Crippen molar-refractivity contribution >= 4 is 18.0 Å². The first-order valence-corrected chi connectivity index (χ1v) is 8.11. The van der Waals surface area contributed by atoms with E-state index in [2.05, 4.69) is 15.8 Å². The second kappa shape index (κ2) is 10.4. The number of methoxy groups -OCH3 is 2. The Morgan fingerprint density at radius 2 is 1.74 bits per heavy atom. The van der Waals surface area contributed by atoms with Gasteiger partial charge in [-0.1, -0.05) is 18.2 Å². The topological polar surface area (TPSA) is 98.2 Å². The summed E-state index contributed by atoms with van der Waals surface area (Å²) >= 11 is 0. The van der Waals surface area contributed by atoms with Crippen LogP contribution in [-0.2, 0) is 9.59 Å². The molecule has 142 valence electrons. The van der Waals surface area contributed by atoms with E-state index in [0.29, 0.717) is 22.8 Å². The van der Waals surface area contributed by atoms with Crippen LogP contribution in [0.5, 0.6) is 17.2 Å². The molecule has 0 aliphatic carbocycles. The number of nitrogens with zero attached hydrogens (tertiary/aromatic N) is 1. The predicted molar refractivity (Wildman–Crippen MR) is 100 cm³/mol. The molecule has 8 heteroatoms. The summed E-state index contributed by atoms with van der Waals surface area (Å²) in [5, 5.41) is 6.29. The van der Waals surface area contributed by atoms with E-state index in [1.54, 1.807) is 49.6 Å². The van der Waals surface area contributed by atoms with E-state index in [4.69, 9.17) is 14.2 Å². The average molecular weight is 371 g/mol. The number of hydrogen-bond acceptors (Lipinski definition) is 6. The highest BCUT2D eigenvalue weighted by Crippen LogP contribution is 2.26. The van der Waals surface area contributed by atoms with Crippen molar-refractivity contribution in [3.63, 3.8) is 0 Å². The summed E-state index contributed by atoms with van der Waals surface area (Å²) < 4.78 is 15.6. The van der Waals surface area contributed by atoms with Gasteiger partial charge in [-0.15, -0.1) is 0 Å². The fourth-order valence-electron chi connectivity index (χ4n) is 2.05. The zero-order valence-electron chi connectivity index (χ0n) is 15.1. The SMILES string of the molecule is COc1ccc(/C=N/NC(=O)CNC(=O)COc2ccccc2)cc1OC. The standard InChI is InChI=1S/C19H21N3O5/c1-25-16-9-8-14(10-17(16)26-2)11-21-22-18(23)12-20-19(24)13-27-15-6-4-3-5-7-15/h3-11H,12-13H2,1-2H3,(H,20,24)(H,22,23)/b21-11+. The lowest BCUT2D eigenvalue weighted by atomic mass is 10.2. The fourth-order valence-corrected chi connectivity index (χ4v) is 2.05. The zero-order valence-corrected chi connectivity index (χ0v) is 15.1. The minimum absolute atomic E-state index is 0.174. The maximum Gasteiger partial charge on any atom is 0.259 e. The van der Waals surface area contributed by atoms with Crippen LogP contribution in [0.25, 0.3) is 0 Å². The molecule has 27 heavy (non-hydrogen) atoms.